The number of carbonyl (C=O) groups is 3. The Hall–Kier alpha value is -7.71. The molecular weight excluding hydrogens is 1690 g/mol. The van der Waals surface area contributed by atoms with Crippen molar-refractivity contribution in [3.05, 3.63) is 74.3 Å². The Morgan fingerprint density at radius 2 is 0.962 bits per heavy atom. The first kappa shape index (κ1) is 77.9. The summed E-state index contributed by atoms with van der Waals surface area (Å²) >= 11 is 18.5. The molecule has 6 aromatic heterocycles. The van der Waals surface area contributed by atoms with Crippen LogP contribution in [0.25, 0.3) is 33.5 Å². The Morgan fingerprint density at radius 3 is 1.42 bits per heavy atom. The molecule has 9 heterocycles. The van der Waals surface area contributed by atoms with Crippen LogP contribution in [0.4, 0.5) is 26.0 Å². The van der Waals surface area contributed by atoms with E-state index in [0.29, 0.717) is 122 Å². The lowest BCUT2D eigenvalue weighted by molar-refractivity contribution is 0.0482. The van der Waals surface area contributed by atoms with Gasteiger partial charge in [0.15, 0.2) is 89.5 Å². The molecule has 6 aliphatic rings. The van der Waals surface area contributed by atoms with Gasteiger partial charge >= 0.3 is 18.3 Å². The molecule has 30 nitrogen and oxygen atoms in total. The summed E-state index contributed by atoms with van der Waals surface area (Å²) < 4.78 is 55.4. The molecule has 566 valence electrons. The van der Waals surface area contributed by atoms with Crippen LogP contribution in [0.1, 0.15) is 120 Å². The van der Waals surface area contributed by atoms with Crippen molar-refractivity contribution in [2.75, 3.05) is 37.2 Å². The Labute approximate surface area is 656 Å². The molecule has 37 heteroatoms. The minimum Gasteiger partial charge on any atom is -0.454 e. The number of nitrogens with zero attached hydrogens (tertiary/aromatic N) is 10. The monoisotopic (exact) mass is 1770 g/mol. The highest BCUT2D eigenvalue weighted by molar-refractivity contribution is 9.11. The standard InChI is InChI=1S/2C23H27BrN6O4S.C12H8BrN5O2S.C11H20BrNO2/c1-23(2,3)34-22(31)27-14(12-4-5-12)6-7-30-10-26-19(25)18-20(30)29-21(28-18)35-17-9-16-15(8-13(17)24)32-11-33-16;1-23(2,3)34-22(31)28-14(12-4-5-12)6-7-30-20-18(19(25)26-10-27-20)29-21(30)35-17-9-16-15(8-13(17)24)32-11-33-16;13-5-1-6-7(20-4-19-6)2-8(5)21-12-17-9-10(14)15-3-16-11(9)18-12;1-11(2,3)15-10(14)13-9(6-7-12)8-4-5-8/h8-10,12,14,25H,4-7,11H2,1-3H3,(H,27,31)(H,28,29);8-10,12,14H,4-7,11H2,1-3H3,(H,28,31)(H2,25,26,27);1-3H,4H2,(H3,14,15,16,17,18);8-9H,4-7H2,1-3H3,(H,13,14). The number of H-pyrrole nitrogens is 2. The molecule has 0 bridgehead atoms. The van der Waals surface area contributed by atoms with E-state index >= 15 is 0 Å². The van der Waals surface area contributed by atoms with Gasteiger partial charge in [0, 0.05) is 64.6 Å². The SMILES string of the molecule is CC(C)(C)OC(=O)NC(CCBr)C1CC1.CC(C)(C)OC(=O)NC(CCn1c(Sc2cc3c(cc2Br)OCO3)nc2c(N)ncnc21)C1CC1.CC(C)(C)OC(=O)NC(CCn1cnc(=N)c2[nH]c(Sc3cc4c(cc3Br)OCO4)nc21)C1CC1.Nc1ncnc2nc(Sc3cc4c(cc3Br)OCO4)[nH]c12. The van der Waals surface area contributed by atoms with Crippen molar-refractivity contribution in [2.45, 2.75) is 198 Å². The lowest BCUT2D eigenvalue weighted by Gasteiger charge is -2.24. The molecule has 106 heavy (non-hydrogen) atoms. The lowest BCUT2D eigenvalue weighted by atomic mass is 10.1. The van der Waals surface area contributed by atoms with Crippen molar-refractivity contribution in [3.63, 3.8) is 0 Å². The fourth-order valence-electron chi connectivity index (χ4n) is 11.3. The predicted octanol–water partition coefficient (Wildman–Crippen LogP) is 15.0. The van der Waals surface area contributed by atoms with E-state index in [2.05, 4.69) is 120 Å². The molecule has 3 aliphatic heterocycles. The van der Waals surface area contributed by atoms with Gasteiger partial charge in [-0.3, -0.25) is 5.41 Å². The third-order valence-corrected chi connectivity index (χ3v) is 22.8. The van der Waals surface area contributed by atoms with E-state index in [-0.39, 0.29) is 50.1 Å². The summed E-state index contributed by atoms with van der Waals surface area (Å²) in [6.07, 6.45) is 12.6. The number of ether oxygens (including phenoxy) is 9. The van der Waals surface area contributed by atoms with Crippen LogP contribution in [0.5, 0.6) is 34.5 Å². The van der Waals surface area contributed by atoms with Gasteiger partial charge in [-0.25, -0.2) is 54.3 Å². The molecule has 0 spiro atoms. The number of anilines is 2. The van der Waals surface area contributed by atoms with Gasteiger partial charge in [-0.05, 0) is 222 Å². The number of hydrogen-bond donors (Lipinski definition) is 8. The first-order valence-corrected chi connectivity index (χ1v) is 40.2. The van der Waals surface area contributed by atoms with E-state index in [9.17, 15) is 14.4 Å². The van der Waals surface area contributed by atoms with E-state index in [1.165, 1.54) is 60.8 Å². The molecule has 3 saturated carbocycles. The molecular formula is C69H82Br4N18O12S3. The third-order valence-electron chi connectivity index (χ3n) is 16.7. The van der Waals surface area contributed by atoms with Crippen LogP contribution in [0, 0.1) is 23.2 Å². The summed E-state index contributed by atoms with van der Waals surface area (Å²) in [6.45, 7) is 18.6. The number of nitrogens with two attached hydrogens (primary N) is 2. The van der Waals surface area contributed by atoms with E-state index < -0.39 is 29.0 Å². The first-order valence-electron chi connectivity index (χ1n) is 34.2. The summed E-state index contributed by atoms with van der Waals surface area (Å²) in [7, 11) is 0. The molecule has 0 saturated heterocycles. The van der Waals surface area contributed by atoms with Crippen LogP contribution in [0.3, 0.4) is 0 Å². The predicted molar refractivity (Wildman–Crippen MR) is 412 cm³/mol. The van der Waals surface area contributed by atoms with E-state index in [1.54, 1.807) is 6.33 Å². The fraction of sp³-hybridized carbons (Fsp3) is 0.478. The highest BCUT2D eigenvalue weighted by atomic mass is 79.9. The number of alkyl halides is 1. The average Bonchev–Trinajstić information content (AvgIpc) is 1.64. The molecule has 3 aliphatic carbocycles. The summed E-state index contributed by atoms with van der Waals surface area (Å²) in [5.41, 5.74) is 14.1. The third kappa shape index (κ3) is 20.9. The number of amides is 3. The molecule has 3 amide bonds. The van der Waals surface area contributed by atoms with Crippen LogP contribution < -0.4 is 61.3 Å². The van der Waals surface area contributed by atoms with Gasteiger partial charge in [0.2, 0.25) is 20.4 Å². The number of nitrogens with one attached hydrogen (secondary N) is 6. The summed E-state index contributed by atoms with van der Waals surface area (Å²) in [4.78, 5) is 80.1. The Bertz CT molecular complexity index is 4770. The number of aromatic amines is 2. The van der Waals surface area contributed by atoms with Crippen molar-refractivity contribution in [2.24, 2.45) is 17.8 Å². The molecule has 0 radical (unpaired) electrons. The molecule has 10 N–H and O–H groups in total. The second kappa shape index (κ2) is 33.4. The first-order chi connectivity index (χ1) is 50.5. The highest BCUT2D eigenvalue weighted by Crippen LogP contribution is 2.47. The number of alkyl carbamates (subject to hydrolysis) is 3. The van der Waals surface area contributed by atoms with Gasteiger partial charge in [0.05, 0.1) is 6.33 Å². The zero-order chi connectivity index (χ0) is 75.4. The number of rotatable bonds is 20. The Balaban J connectivity index is 0.000000139. The summed E-state index contributed by atoms with van der Waals surface area (Å²) in [5, 5.41) is 20.3. The van der Waals surface area contributed by atoms with Crippen molar-refractivity contribution >= 4 is 162 Å². The number of halogens is 4. The second-order valence-corrected chi connectivity index (χ2v) is 35.0. The highest BCUT2D eigenvalue weighted by Gasteiger charge is 2.37. The number of hydrogen-bond acceptors (Lipinski definition) is 26. The minimum absolute atomic E-state index is 0.00314. The zero-order valence-electron chi connectivity index (χ0n) is 59.5. The van der Waals surface area contributed by atoms with E-state index in [1.807, 2.05) is 108 Å². The molecule has 3 fully saturated rings. The van der Waals surface area contributed by atoms with Gasteiger partial charge < -0.3 is 89.2 Å². The average molecular weight is 1770 g/mol. The van der Waals surface area contributed by atoms with E-state index in [0.717, 1.165) is 82.2 Å². The number of fused-ring (bicyclic) bond motifs is 6. The van der Waals surface area contributed by atoms with Crippen LogP contribution in [0.2, 0.25) is 0 Å². The maximum Gasteiger partial charge on any atom is 0.407 e. The van der Waals surface area contributed by atoms with Gasteiger partial charge in [0.25, 0.3) is 0 Å². The molecule has 15 rings (SSSR count). The minimum atomic E-state index is -0.547. The number of nitrogen functional groups attached to an aromatic ring is 2. The Kier molecular flexibility index (Phi) is 24.6. The molecule has 3 unspecified atom stereocenters. The maximum atomic E-state index is 12.4. The van der Waals surface area contributed by atoms with Crippen molar-refractivity contribution in [1.82, 2.24) is 74.9 Å². The molecule has 9 aromatic rings. The normalized spacial score (nSPS) is 15.7. The van der Waals surface area contributed by atoms with Crippen LogP contribution in [-0.4, -0.2) is 138 Å². The van der Waals surface area contributed by atoms with Crippen LogP contribution >= 0.6 is 99.0 Å². The molecule has 3 aromatic carbocycles. The molecule has 3 atom stereocenters. The topological polar surface area (TPSA) is 391 Å². The maximum absolute atomic E-state index is 12.4. The number of aryl methyl sites for hydroxylation is 2. The Morgan fingerprint density at radius 1 is 0.547 bits per heavy atom. The number of imidazole rings is 3. The number of aromatic nitrogens is 12. The van der Waals surface area contributed by atoms with Gasteiger partial charge in [-0.2, -0.15) is 0 Å². The quantitative estimate of drug-likeness (QED) is 0.0259. The fourth-order valence-corrected chi connectivity index (χ4v) is 16.1. The number of carbonyl (C=O) groups excluding carboxylic acids is 3. The van der Waals surface area contributed by atoms with E-state index in [4.69, 9.17) is 69.5 Å². The van der Waals surface area contributed by atoms with Crippen molar-refractivity contribution in [3.8, 4) is 34.5 Å². The van der Waals surface area contributed by atoms with Gasteiger partial charge in [-0.15, -0.1) is 0 Å². The van der Waals surface area contributed by atoms with Crippen LogP contribution in [-0.2, 0) is 27.3 Å². The van der Waals surface area contributed by atoms with Crippen molar-refractivity contribution < 1.29 is 57.0 Å². The second-order valence-electron chi connectivity index (χ2n) is 28.5. The smallest absolute Gasteiger partial charge is 0.407 e. The lowest BCUT2D eigenvalue weighted by Crippen LogP contribution is -2.40. The summed E-state index contributed by atoms with van der Waals surface area (Å²) in [5.74, 6) is 6.48. The largest absolute Gasteiger partial charge is 0.454 e. The van der Waals surface area contributed by atoms with Crippen molar-refractivity contribution in [1.29, 1.82) is 5.41 Å². The van der Waals surface area contributed by atoms with Gasteiger partial charge in [0.1, 0.15) is 40.5 Å². The summed E-state index contributed by atoms with van der Waals surface area (Å²) in [6, 6.07) is 11.7. The number of benzene rings is 3. The zero-order valence-corrected chi connectivity index (χ0v) is 68.3. The van der Waals surface area contributed by atoms with Crippen LogP contribution in [0.15, 0.2) is 99.0 Å². The van der Waals surface area contributed by atoms with Gasteiger partial charge in [-0.1, -0.05) is 51.2 Å².